The van der Waals surface area contributed by atoms with Crippen molar-refractivity contribution in [2.24, 2.45) is 23.7 Å². The Bertz CT molecular complexity index is 2500. The Morgan fingerprint density at radius 2 is 1.52 bits per heavy atom. The van der Waals surface area contributed by atoms with E-state index in [0.29, 0.717) is 33.9 Å². The standard InChI is InChI=1S/C43H33Cl2F6N3O7/c1-3-61-33-6-4-5-28(36(33)55)35-26-12-13-27-34(39(58)53(37(27)56)24-16-21(42(46,47)48)15-22(17-24)43(49,50)51)29(26)19-30-38(57)54(52-32-14-9-23(44)18-31(32)45)40(59)41(30,35)20-7-10-25(60-2)11-8-20/h4-12,14-18,27,29-30,34-35,52,55H,3,13,19H2,1-2H3/t27-,29+,30-,34-,35+,41+/m0/s1. The van der Waals surface area contributed by atoms with Crippen LogP contribution in [-0.2, 0) is 36.9 Å². The number of nitrogens with zero attached hydrogens (tertiary/aromatic N) is 2. The fourth-order valence-corrected chi connectivity index (χ4v) is 10.0. The monoisotopic (exact) mass is 887 g/mol. The van der Waals surface area contributed by atoms with Gasteiger partial charge < -0.3 is 14.6 Å². The second-order valence-electron chi connectivity index (χ2n) is 15.1. The maximum absolute atomic E-state index is 15.5. The van der Waals surface area contributed by atoms with Crippen molar-refractivity contribution in [3.05, 3.63) is 123 Å². The predicted molar refractivity (Wildman–Crippen MR) is 209 cm³/mol. The van der Waals surface area contributed by atoms with E-state index in [2.05, 4.69) is 5.43 Å². The van der Waals surface area contributed by atoms with Crippen LogP contribution in [0.15, 0.2) is 90.5 Å². The van der Waals surface area contributed by atoms with Crippen LogP contribution in [0.4, 0.5) is 37.7 Å². The first kappa shape index (κ1) is 42.0. The Hall–Kier alpha value is -5.74. The van der Waals surface area contributed by atoms with Crippen LogP contribution in [0, 0.1) is 23.7 Å². The summed E-state index contributed by atoms with van der Waals surface area (Å²) < 4.78 is 95.0. The van der Waals surface area contributed by atoms with Crippen molar-refractivity contribution in [2.45, 2.75) is 43.5 Å². The third-order valence-corrected chi connectivity index (χ3v) is 12.6. The largest absolute Gasteiger partial charge is 0.504 e. The summed E-state index contributed by atoms with van der Waals surface area (Å²) >= 11 is 12.6. The number of para-hydroxylation sites is 1. The van der Waals surface area contributed by atoms with Crippen LogP contribution < -0.4 is 19.8 Å². The number of alkyl halides is 6. The van der Waals surface area contributed by atoms with Crippen molar-refractivity contribution in [3.63, 3.8) is 0 Å². The molecule has 18 heteroatoms. The number of methoxy groups -OCH3 is 1. The van der Waals surface area contributed by atoms with Crippen molar-refractivity contribution >= 4 is 58.2 Å². The molecule has 4 aliphatic rings. The van der Waals surface area contributed by atoms with Gasteiger partial charge >= 0.3 is 12.4 Å². The van der Waals surface area contributed by atoms with Crippen molar-refractivity contribution in [2.75, 3.05) is 24.0 Å². The van der Waals surface area contributed by atoms with E-state index in [0.717, 1.165) is 5.01 Å². The molecule has 10 nitrogen and oxygen atoms in total. The van der Waals surface area contributed by atoms with Gasteiger partial charge in [0.05, 0.1) is 64.4 Å². The average molecular weight is 889 g/mol. The molecule has 4 aromatic carbocycles. The van der Waals surface area contributed by atoms with Crippen LogP contribution in [0.2, 0.25) is 10.0 Å². The lowest BCUT2D eigenvalue weighted by molar-refractivity contribution is -0.143. The number of halogens is 8. The fraction of sp³-hybridized carbons (Fsp3) is 0.302. The van der Waals surface area contributed by atoms with Crippen LogP contribution in [0.25, 0.3) is 0 Å². The number of phenolic OH excluding ortho intramolecular Hbond substituents is 1. The Labute approximate surface area is 353 Å². The summed E-state index contributed by atoms with van der Waals surface area (Å²) in [6.07, 6.45) is -9.44. The highest BCUT2D eigenvalue weighted by molar-refractivity contribution is 6.36. The van der Waals surface area contributed by atoms with Gasteiger partial charge in [0.2, 0.25) is 11.8 Å². The maximum atomic E-state index is 15.5. The SMILES string of the molecule is CCOc1cccc([C@H]2C3=CC[C@@H]4C(=O)N(c5cc(C(F)(F)F)cc(C(F)(F)F)c5)C(=O)[C@@H]4[C@@H]3C[C@H]3C(=O)N(Nc4ccc(Cl)cc4Cl)C(=O)[C@@]23c2ccc(OC)cc2)c1O. The highest BCUT2D eigenvalue weighted by Crippen LogP contribution is 2.65. The van der Waals surface area contributed by atoms with E-state index in [-0.39, 0.29) is 52.6 Å². The number of rotatable bonds is 8. The molecule has 8 rings (SSSR count). The maximum Gasteiger partial charge on any atom is 0.416 e. The molecule has 2 heterocycles. The third-order valence-electron chi connectivity index (χ3n) is 12.1. The van der Waals surface area contributed by atoms with E-state index in [1.54, 1.807) is 43.3 Å². The molecule has 2 aliphatic heterocycles. The van der Waals surface area contributed by atoms with Gasteiger partial charge in [0.15, 0.2) is 11.5 Å². The number of amides is 4. The minimum atomic E-state index is -5.27. The smallest absolute Gasteiger partial charge is 0.416 e. The quantitative estimate of drug-likeness (QED) is 0.102. The third kappa shape index (κ3) is 6.65. The van der Waals surface area contributed by atoms with Gasteiger partial charge in [-0.05, 0) is 85.8 Å². The predicted octanol–water partition coefficient (Wildman–Crippen LogP) is 9.33. The molecule has 6 atom stereocenters. The summed E-state index contributed by atoms with van der Waals surface area (Å²) in [6, 6.07) is 15.8. The van der Waals surface area contributed by atoms with Gasteiger partial charge in [0.25, 0.3) is 11.8 Å². The van der Waals surface area contributed by atoms with Crippen LogP contribution in [0.1, 0.15) is 47.9 Å². The fourth-order valence-electron chi connectivity index (χ4n) is 9.55. The van der Waals surface area contributed by atoms with Gasteiger partial charge in [-0.25, -0.2) is 4.90 Å². The zero-order valence-electron chi connectivity index (χ0n) is 31.9. The second-order valence-corrected chi connectivity index (χ2v) is 16.0. The van der Waals surface area contributed by atoms with E-state index in [1.807, 2.05) is 0 Å². The molecule has 0 spiro atoms. The molecule has 1 saturated carbocycles. The number of imide groups is 2. The number of allylic oxidation sites excluding steroid dienone is 2. The Balaban J connectivity index is 1.33. The number of anilines is 2. The minimum absolute atomic E-state index is 0.0286. The van der Waals surface area contributed by atoms with E-state index >= 15 is 4.79 Å². The van der Waals surface area contributed by atoms with Gasteiger partial charge in [-0.3, -0.25) is 24.6 Å². The van der Waals surface area contributed by atoms with Crippen LogP contribution >= 0.6 is 23.2 Å². The average Bonchev–Trinajstić information content (AvgIpc) is 3.59. The molecule has 0 aromatic heterocycles. The lowest BCUT2D eigenvalue weighted by atomic mass is 9.49. The summed E-state index contributed by atoms with van der Waals surface area (Å²) in [7, 11) is 1.43. The van der Waals surface area contributed by atoms with Gasteiger partial charge in [-0.15, -0.1) is 0 Å². The van der Waals surface area contributed by atoms with Crippen molar-refractivity contribution in [1.29, 1.82) is 0 Å². The highest BCUT2D eigenvalue weighted by atomic mass is 35.5. The topological polar surface area (TPSA) is 125 Å². The van der Waals surface area contributed by atoms with Crippen molar-refractivity contribution in [3.8, 4) is 17.2 Å². The molecule has 4 aromatic rings. The first-order chi connectivity index (χ1) is 28.8. The zero-order chi connectivity index (χ0) is 43.9. The van der Waals surface area contributed by atoms with Crippen molar-refractivity contribution < 1.29 is 60.1 Å². The molecular weight excluding hydrogens is 855 g/mol. The number of carbonyl (C=O) groups excluding carboxylic acids is 4. The van der Waals surface area contributed by atoms with Crippen LogP contribution in [0.3, 0.4) is 0 Å². The number of phenols is 1. The number of hydrazine groups is 1. The van der Waals surface area contributed by atoms with E-state index in [4.69, 9.17) is 32.7 Å². The Kier molecular flexibility index (Phi) is 10.3. The van der Waals surface area contributed by atoms with Crippen molar-refractivity contribution in [1.82, 2.24) is 5.01 Å². The molecule has 318 valence electrons. The summed E-state index contributed by atoms with van der Waals surface area (Å²) in [6.45, 7) is 1.81. The molecule has 0 bridgehead atoms. The molecule has 3 fully saturated rings. The molecule has 2 aliphatic carbocycles. The highest BCUT2D eigenvalue weighted by Gasteiger charge is 2.71. The first-order valence-electron chi connectivity index (χ1n) is 18.9. The number of ether oxygens (including phenoxy) is 2. The summed E-state index contributed by atoms with van der Waals surface area (Å²) in [5, 5.41) is 13.1. The number of fused-ring (bicyclic) bond motifs is 4. The van der Waals surface area contributed by atoms with Crippen LogP contribution in [-0.4, -0.2) is 47.5 Å². The number of carbonyl (C=O) groups is 4. The Morgan fingerprint density at radius 1 is 0.852 bits per heavy atom. The minimum Gasteiger partial charge on any atom is -0.504 e. The van der Waals surface area contributed by atoms with E-state index < -0.39 is 93.5 Å². The van der Waals surface area contributed by atoms with Gasteiger partial charge in [0.1, 0.15) is 5.75 Å². The molecule has 4 amide bonds. The molecule has 61 heavy (non-hydrogen) atoms. The molecule has 2 N–H and O–H groups in total. The molecule has 2 saturated heterocycles. The summed E-state index contributed by atoms with van der Waals surface area (Å²) in [5.41, 5.74) is -2.56. The molecule has 0 unspecified atom stereocenters. The zero-order valence-corrected chi connectivity index (χ0v) is 33.4. The lowest BCUT2D eigenvalue weighted by Crippen LogP contribution is -2.53. The lowest BCUT2D eigenvalue weighted by Gasteiger charge is -2.50. The molecule has 0 radical (unpaired) electrons. The summed E-state index contributed by atoms with van der Waals surface area (Å²) in [5.74, 6) is -10.1. The number of nitrogens with one attached hydrogen (secondary N) is 1. The molecular formula is C43H33Cl2F6N3O7. The van der Waals surface area contributed by atoms with E-state index in [1.165, 1.54) is 37.4 Å². The first-order valence-corrected chi connectivity index (χ1v) is 19.6. The number of benzene rings is 4. The number of hydrogen-bond acceptors (Lipinski definition) is 8. The van der Waals surface area contributed by atoms with E-state index in [9.17, 15) is 45.8 Å². The second kappa shape index (κ2) is 15.0. The normalized spacial score (nSPS) is 25.0. The van der Waals surface area contributed by atoms with Gasteiger partial charge in [-0.1, -0.05) is 59.1 Å². The van der Waals surface area contributed by atoms with Gasteiger partial charge in [0, 0.05) is 16.5 Å². The number of aromatic hydroxyl groups is 1. The van der Waals surface area contributed by atoms with Crippen LogP contribution in [0.5, 0.6) is 17.2 Å². The Morgan fingerprint density at radius 3 is 2.13 bits per heavy atom. The van der Waals surface area contributed by atoms with Gasteiger partial charge in [-0.2, -0.15) is 31.4 Å². The summed E-state index contributed by atoms with van der Waals surface area (Å²) in [4.78, 5) is 59.6. The number of hydrogen-bond donors (Lipinski definition) is 2.